The van der Waals surface area contributed by atoms with E-state index in [1.807, 2.05) is 25.1 Å². The standard InChI is InChI=1S/C29H33FN6O3/c1-15(2)26(30)16(3)33-28(39)23-10-29(6)11-24(29)36(23)25(38)14-35-22-8-7-19(20-12-31-18(5)32-13-20)9-21(22)27(34-35)17(4)37/h7-9,12-13,16,23-24H,10-11,14H2,1-6H3,(H,33,39)/t16-,23+,24-,29?/m1/s1. The van der Waals surface area contributed by atoms with Crippen LogP contribution in [0.4, 0.5) is 4.39 Å². The van der Waals surface area contributed by atoms with E-state index in [0.29, 0.717) is 28.7 Å². The Balaban J connectivity index is 1.42. The number of nitrogens with zero attached hydrogens (tertiary/aromatic N) is 5. The van der Waals surface area contributed by atoms with Crippen LogP contribution in [0, 0.1) is 12.3 Å². The number of halogens is 1. The quantitative estimate of drug-likeness (QED) is 0.458. The molecule has 3 aromatic rings. The predicted molar refractivity (Wildman–Crippen MR) is 144 cm³/mol. The van der Waals surface area contributed by atoms with E-state index >= 15 is 0 Å². The molecule has 2 fully saturated rings. The Kier molecular flexibility index (Phi) is 6.60. The van der Waals surface area contributed by atoms with Crippen LogP contribution in [0.15, 0.2) is 42.0 Å². The van der Waals surface area contributed by atoms with E-state index in [1.54, 1.807) is 38.1 Å². The maximum Gasteiger partial charge on any atom is 0.245 e. The number of piperidine rings is 1. The smallest absolute Gasteiger partial charge is 0.245 e. The highest BCUT2D eigenvalue weighted by Gasteiger charge is 2.64. The maximum atomic E-state index is 14.4. The number of aromatic nitrogens is 4. The zero-order chi connectivity index (χ0) is 28.2. The van der Waals surface area contributed by atoms with Crippen LogP contribution in [0.1, 0.15) is 63.8 Å². The van der Waals surface area contributed by atoms with E-state index in [1.165, 1.54) is 11.6 Å². The van der Waals surface area contributed by atoms with Gasteiger partial charge in [0.25, 0.3) is 0 Å². The van der Waals surface area contributed by atoms with Crippen molar-refractivity contribution in [3.63, 3.8) is 0 Å². The van der Waals surface area contributed by atoms with Crippen molar-refractivity contribution in [2.24, 2.45) is 5.41 Å². The first-order valence-electron chi connectivity index (χ1n) is 13.1. The molecule has 0 bridgehead atoms. The molecule has 2 aliphatic rings. The molecule has 2 amide bonds. The van der Waals surface area contributed by atoms with E-state index in [9.17, 15) is 18.8 Å². The molecule has 204 valence electrons. The summed E-state index contributed by atoms with van der Waals surface area (Å²) in [6, 6.07) is 4.06. The van der Waals surface area contributed by atoms with Gasteiger partial charge in [0.1, 0.15) is 29.9 Å². The SMILES string of the molecule is CC(=O)c1nn(CC(=O)N2[C@H](C(=O)N[C@H](C)C(F)=C(C)C)CC3(C)C[C@@H]23)c2ccc(-c3cnc(C)nc3)cc12. The minimum absolute atomic E-state index is 0.0494. The topological polar surface area (TPSA) is 110 Å². The molecule has 5 rings (SSSR count). The number of hydrogen-bond donors (Lipinski definition) is 1. The predicted octanol–water partition coefficient (Wildman–Crippen LogP) is 4.15. The van der Waals surface area contributed by atoms with E-state index in [2.05, 4.69) is 27.3 Å². The van der Waals surface area contributed by atoms with Crippen molar-refractivity contribution < 1.29 is 18.8 Å². The van der Waals surface area contributed by atoms with Gasteiger partial charge in [-0.25, -0.2) is 14.4 Å². The van der Waals surface area contributed by atoms with E-state index < -0.39 is 12.1 Å². The fraction of sp³-hybridized carbons (Fsp3) is 0.448. The van der Waals surface area contributed by atoms with Crippen LogP contribution in [0.3, 0.4) is 0 Å². The fourth-order valence-corrected chi connectivity index (χ4v) is 5.66. The number of fused-ring (bicyclic) bond motifs is 2. The number of likely N-dealkylation sites (tertiary alicyclic amines) is 1. The Hall–Kier alpha value is -3.95. The molecule has 0 spiro atoms. The van der Waals surface area contributed by atoms with Gasteiger partial charge in [0, 0.05) is 36.3 Å². The lowest BCUT2D eigenvalue weighted by atomic mass is 10.0. The van der Waals surface area contributed by atoms with Crippen molar-refractivity contribution in [2.45, 2.75) is 79.1 Å². The summed E-state index contributed by atoms with van der Waals surface area (Å²) in [4.78, 5) is 49.5. The first kappa shape index (κ1) is 26.6. The summed E-state index contributed by atoms with van der Waals surface area (Å²) < 4.78 is 15.9. The van der Waals surface area contributed by atoms with Gasteiger partial charge in [0.2, 0.25) is 11.8 Å². The van der Waals surface area contributed by atoms with E-state index in [-0.39, 0.29) is 47.1 Å². The molecule has 0 radical (unpaired) electrons. The monoisotopic (exact) mass is 532 g/mol. The Morgan fingerprint density at radius 1 is 1.13 bits per heavy atom. The number of carbonyl (C=O) groups is 3. The Morgan fingerprint density at radius 3 is 2.46 bits per heavy atom. The summed E-state index contributed by atoms with van der Waals surface area (Å²) in [5.74, 6) is -0.556. The molecule has 4 atom stereocenters. The summed E-state index contributed by atoms with van der Waals surface area (Å²) in [7, 11) is 0. The zero-order valence-corrected chi connectivity index (χ0v) is 23.1. The lowest BCUT2D eigenvalue weighted by Crippen LogP contribution is -2.50. The number of allylic oxidation sites excluding steroid dienone is 1. The average Bonchev–Trinajstić information content (AvgIpc) is 3.25. The molecule has 1 aliphatic heterocycles. The number of Topliss-reactive ketones (excluding diaryl/α,β-unsaturated/α-hetero) is 1. The second-order valence-corrected chi connectivity index (χ2v) is 11.3. The maximum absolute atomic E-state index is 14.4. The molecule has 1 aromatic carbocycles. The van der Waals surface area contributed by atoms with Gasteiger partial charge in [0.05, 0.1) is 11.6 Å². The van der Waals surface area contributed by atoms with Crippen molar-refractivity contribution in [1.29, 1.82) is 0 Å². The number of carbonyl (C=O) groups excluding carboxylic acids is 3. The van der Waals surface area contributed by atoms with Crippen molar-refractivity contribution in [1.82, 2.24) is 30.0 Å². The van der Waals surface area contributed by atoms with Crippen LogP contribution < -0.4 is 5.32 Å². The number of aryl methyl sites for hydroxylation is 1. The summed E-state index contributed by atoms with van der Waals surface area (Å²) in [6.45, 7) is 10.1. The summed E-state index contributed by atoms with van der Waals surface area (Å²) in [5, 5.41) is 7.87. The third-order valence-corrected chi connectivity index (χ3v) is 7.93. The molecule has 1 unspecified atom stereocenters. The molecule has 2 aromatic heterocycles. The van der Waals surface area contributed by atoms with Crippen LogP contribution in [0.25, 0.3) is 22.0 Å². The highest BCUT2D eigenvalue weighted by molar-refractivity contribution is 6.06. The highest BCUT2D eigenvalue weighted by Crippen LogP contribution is 2.59. The van der Waals surface area contributed by atoms with E-state index in [0.717, 1.165) is 17.5 Å². The molecular formula is C29H33FN6O3. The minimum atomic E-state index is -0.773. The van der Waals surface area contributed by atoms with Crippen LogP contribution in [0.5, 0.6) is 0 Å². The second-order valence-electron chi connectivity index (χ2n) is 11.3. The lowest BCUT2D eigenvalue weighted by Gasteiger charge is -2.28. The number of ketones is 1. The lowest BCUT2D eigenvalue weighted by molar-refractivity contribution is -0.140. The van der Waals surface area contributed by atoms with Crippen molar-refractivity contribution in [3.8, 4) is 11.1 Å². The molecule has 10 heteroatoms. The molecule has 9 nitrogen and oxygen atoms in total. The Bertz CT molecular complexity index is 1520. The third kappa shape index (κ3) is 4.84. The molecule has 1 N–H and O–H groups in total. The molecule has 1 aliphatic carbocycles. The Morgan fingerprint density at radius 2 is 1.82 bits per heavy atom. The second kappa shape index (κ2) is 9.66. The number of amides is 2. The first-order chi connectivity index (χ1) is 18.4. The fourth-order valence-electron chi connectivity index (χ4n) is 5.66. The van der Waals surface area contributed by atoms with Crippen LogP contribution in [0.2, 0.25) is 0 Å². The van der Waals surface area contributed by atoms with Crippen LogP contribution in [-0.2, 0) is 16.1 Å². The van der Waals surface area contributed by atoms with Crippen molar-refractivity contribution in [3.05, 3.63) is 53.5 Å². The van der Waals surface area contributed by atoms with Crippen molar-refractivity contribution in [2.75, 3.05) is 0 Å². The average molecular weight is 533 g/mol. The minimum Gasteiger partial charge on any atom is -0.345 e. The molecule has 1 saturated carbocycles. The number of hydrogen-bond acceptors (Lipinski definition) is 6. The van der Waals surface area contributed by atoms with Crippen molar-refractivity contribution >= 4 is 28.5 Å². The number of benzene rings is 1. The van der Waals surface area contributed by atoms with Gasteiger partial charge >= 0.3 is 0 Å². The number of rotatable bonds is 7. The summed E-state index contributed by atoms with van der Waals surface area (Å²) in [5.41, 5.74) is 2.92. The molecule has 1 saturated heterocycles. The summed E-state index contributed by atoms with van der Waals surface area (Å²) in [6.07, 6.45) is 4.79. The third-order valence-electron chi connectivity index (χ3n) is 7.93. The molecule has 3 heterocycles. The normalized spacial score (nSPS) is 22.4. The van der Waals surface area contributed by atoms with Gasteiger partial charge in [-0.2, -0.15) is 5.10 Å². The number of nitrogens with one attached hydrogen (secondary N) is 1. The van der Waals surface area contributed by atoms with E-state index in [4.69, 9.17) is 0 Å². The van der Waals surface area contributed by atoms with Gasteiger partial charge in [-0.05, 0) is 69.2 Å². The van der Waals surface area contributed by atoms with Crippen LogP contribution >= 0.6 is 0 Å². The highest BCUT2D eigenvalue weighted by atomic mass is 19.1. The van der Waals surface area contributed by atoms with Gasteiger partial charge in [-0.15, -0.1) is 0 Å². The Labute approximate surface area is 226 Å². The zero-order valence-electron chi connectivity index (χ0n) is 23.1. The molecule has 39 heavy (non-hydrogen) atoms. The summed E-state index contributed by atoms with van der Waals surface area (Å²) >= 11 is 0. The molecular weight excluding hydrogens is 499 g/mol. The van der Waals surface area contributed by atoms with Gasteiger partial charge in [-0.1, -0.05) is 13.0 Å². The largest absolute Gasteiger partial charge is 0.345 e. The van der Waals surface area contributed by atoms with Gasteiger partial charge in [-0.3, -0.25) is 19.1 Å². The van der Waals surface area contributed by atoms with Gasteiger partial charge < -0.3 is 10.2 Å². The first-order valence-corrected chi connectivity index (χ1v) is 13.1. The van der Waals surface area contributed by atoms with Gasteiger partial charge in [0.15, 0.2) is 5.78 Å². The van der Waals surface area contributed by atoms with Crippen LogP contribution in [-0.4, -0.2) is 60.4 Å².